The fourth-order valence-corrected chi connectivity index (χ4v) is 3.19. The number of fused-ring (bicyclic) bond motifs is 1. The van der Waals surface area contributed by atoms with E-state index in [2.05, 4.69) is 5.32 Å². The van der Waals surface area contributed by atoms with Crippen molar-refractivity contribution in [3.63, 3.8) is 0 Å². The Morgan fingerprint density at radius 2 is 2.00 bits per heavy atom. The molecule has 2 heterocycles. The number of aliphatic carboxylic acids is 1. The SMILES string of the molecule is O=C(N[C@H]1C/C=C\C[C@H]2COC[C@@H](C(=O)O)N2C1=O)c1cccc(F)c1. The summed E-state index contributed by atoms with van der Waals surface area (Å²) in [6, 6.07) is 2.72. The third kappa shape index (κ3) is 3.75. The standard InChI is InChI=1S/C18H19FN2O5/c19-12-5-3-4-11(8-12)16(22)20-14-7-2-1-6-13-9-26-10-15(18(24)25)21(13)17(14)23/h1-5,8,13-15H,6-7,9-10H2,(H,20,22)(H,24,25)/b2-1-/t13-,14-,15-/m0/s1. The van der Waals surface area contributed by atoms with Crippen molar-refractivity contribution in [2.75, 3.05) is 13.2 Å². The largest absolute Gasteiger partial charge is 0.480 e. The lowest BCUT2D eigenvalue weighted by Crippen LogP contribution is -2.62. The van der Waals surface area contributed by atoms with E-state index in [9.17, 15) is 23.9 Å². The number of carboxylic acid groups (broad SMARTS) is 1. The van der Waals surface area contributed by atoms with Gasteiger partial charge in [0, 0.05) is 5.56 Å². The number of carbonyl (C=O) groups is 3. The quantitative estimate of drug-likeness (QED) is 0.781. The van der Waals surface area contributed by atoms with E-state index in [0.29, 0.717) is 6.42 Å². The zero-order valence-electron chi connectivity index (χ0n) is 13.9. The molecule has 3 rings (SSSR count). The van der Waals surface area contributed by atoms with Crippen molar-refractivity contribution in [3.8, 4) is 0 Å². The lowest BCUT2D eigenvalue weighted by atomic mass is 10.00. The van der Waals surface area contributed by atoms with Gasteiger partial charge in [-0.1, -0.05) is 18.2 Å². The second-order valence-corrected chi connectivity index (χ2v) is 6.27. The van der Waals surface area contributed by atoms with E-state index >= 15 is 0 Å². The maximum Gasteiger partial charge on any atom is 0.328 e. The number of carboxylic acids is 1. The van der Waals surface area contributed by atoms with Crippen LogP contribution in [0.5, 0.6) is 0 Å². The van der Waals surface area contributed by atoms with E-state index in [-0.39, 0.29) is 25.2 Å². The Kier molecular flexibility index (Phi) is 5.32. The molecule has 2 aliphatic heterocycles. The minimum atomic E-state index is -1.15. The van der Waals surface area contributed by atoms with Crippen LogP contribution in [0.25, 0.3) is 0 Å². The number of nitrogens with one attached hydrogen (secondary N) is 1. The molecule has 0 unspecified atom stereocenters. The van der Waals surface area contributed by atoms with Crippen LogP contribution >= 0.6 is 0 Å². The van der Waals surface area contributed by atoms with Crippen LogP contribution in [0.3, 0.4) is 0 Å². The maximum atomic E-state index is 13.3. The number of hydrogen-bond acceptors (Lipinski definition) is 4. The molecule has 2 N–H and O–H groups in total. The summed E-state index contributed by atoms with van der Waals surface area (Å²) in [5.41, 5.74) is 0.0946. The molecule has 2 amide bonds. The van der Waals surface area contributed by atoms with Crippen molar-refractivity contribution in [1.82, 2.24) is 10.2 Å². The van der Waals surface area contributed by atoms with Gasteiger partial charge in [0.15, 0.2) is 6.04 Å². The minimum Gasteiger partial charge on any atom is -0.480 e. The summed E-state index contributed by atoms with van der Waals surface area (Å²) in [6.07, 6.45) is 4.34. The summed E-state index contributed by atoms with van der Waals surface area (Å²) >= 11 is 0. The average Bonchev–Trinajstić information content (AvgIpc) is 2.61. The van der Waals surface area contributed by atoms with Gasteiger partial charge in [-0.3, -0.25) is 9.59 Å². The number of morpholine rings is 1. The maximum absolute atomic E-state index is 13.3. The van der Waals surface area contributed by atoms with Crippen LogP contribution < -0.4 is 5.32 Å². The normalized spacial score (nSPS) is 27.0. The molecular weight excluding hydrogens is 343 g/mol. The number of amides is 2. The Hall–Kier alpha value is -2.74. The molecule has 1 aromatic carbocycles. The first-order valence-electron chi connectivity index (χ1n) is 8.31. The molecule has 7 nitrogen and oxygen atoms in total. The van der Waals surface area contributed by atoms with Crippen LogP contribution in [0.15, 0.2) is 36.4 Å². The first kappa shape index (κ1) is 18.1. The molecule has 0 radical (unpaired) electrons. The Morgan fingerprint density at radius 3 is 2.73 bits per heavy atom. The topological polar surface area (TPSA) is 95.9 Å². The van der Waals surface area contributed by atoms with Crippen molar-refractivity contribution in [2.45, 2.75) is 31.0 Å². The van der Waals surface area contributed by atoms with Gasteiger partial charge in [0.2, 0.25) is 5.91 Å². The van der Waals surface area contributed by atoms with E-state index < -0.39 is 41.7 Å². The second-order valence-electron chi connectivity index (χ2n) is 6.27. The van der Waals surface area contributed by atoms with E-state index in [1.807, 2.05) is 6.08 Å². The molecule has 1 saturated heterocycles. The van der Waals surface area contributed by atoms with E-state index in [1.165, 1.54) is 23.1 Å². The molecule has 26 heavy (non-hydrogen) atoms. The summed E-state index contributed by atoms with van der Waals surface area (Å²) in [5.74, 6) is -2.77. The van der Waals surface area contributed by atoms with Crippen molar-refractivity contribution in [3.05, 3.63) is 47.8 Å². The minimum absolute atomic E-state index is 0.0914. The van der Waals surface area contributed by atoms with Crippen LogP contribution in [0.1, 0.15) is 23.2 Å². The van der Waals surface area contributed by atoms with Gasteiger partial charge in [-0.25, -0.2) is 9.18 Å². The predicted molar refractivity (Wildman–Crippen MR) is 88.9 cm³/mol. The molecule has 0 spiro atoms. The lowest BCUT2D eigenvalue weighted by molar-refractivity contribution is -0.164. The van der Waals surface area contributed by atoms with Crippen LogP contribution in [0.4, 0.5) is 4.39 Å². The number of rotatable bonds is 3. The summed E-state index contributed by atoms with van der Waals surface area (Å²) in [6.45, 7) is 0.149. The Labute approximate surface area is 149 Å². The van der Waals surface area contributed by atoms with Gasteiger partial charge in [0.1, 0.15) is 11.9 Å². The van der Waals surface area contributed by atoms with Crippen molar-refractivity contribution in [2.24, 2.45) is 0 Å². The molecule has 1 aromatic rings. The average molecular weight is 362 g/mol. The van der Waals surface area contributed by atoms with Gasteiger partial charge < -0.3 is 20.1 Å². The van der Waals surface area contributed by atoms with Crippen LogP contribution in [-0.2, 0) is 14.3 Å². The monoisotopic (exact) mass is 362 g/mol. The highest BCUT2D eigenvalue weighted by Crippen LogP contribution is 2.22. The van der Waals surface area contributed by atoms with E-state index in [0.717, 1.165) is 6.07 Å². The third-order valence-corrected chi connectivity index (χ3v) is 4.49. The molecule has 3 atom stereocenters. The smallest absolute Gasteiger partial charge is 0.328 e. The molecule has 0 saturated carbocycles. The van der Waals surface area contributed by atoms with Gasteiger partial charge in [0.05, 0.1) is 19.3 Å². The highest BCUT2D eigenvalue weighted by molar-refractivity contribution is 5.98. The number of carbonyl (C=O) groups excluding carboxylic acids is 2. The van der Waals surface area contributed by atoms with Crippen LogP contribution in [0, 0.1) is 5.82 Å². The number of ether oxygens (including phenoxy) is 1. The van der Waals surface area contributed by atoms with E-state index in [4.69, 9.17) is 4.74 Å². The number of halogens is 1. The zero-order valence-corrected chi connectivity index (χ0v) is 13.9. The zero-order chi connectivity index (χ0) is 18.7. The number of hydrogen-bond donors (Lipinski definition) is 2. The van der Waals surface area contributed by atoms with Crippen molar-refractivity contribution < 1.29 is 28.6 Å². The molecule has 0 aliphatic carbocycles. The Balaban J connectivity index is 1.83. The van der Waals surface area contributed by atoms with Crippen molar-refractivity contribution in [1.29, 1.82) is 0 Å². The predicted octanol–water partition coefficient (Wildman–Crippen LogP) is 0.955. The fraction of sp³-hybridized carbons (Fsp3) is 0.389. The van der Waals surface area contributed by atoms with E-state index in [1.54, 1.807) is 6.08 Å². The van der Waals surface area contributed by atoms with Crippen LogP contribution in [-0.4, -0.2) is 59.1 Å². The summed E-state index contributed by atoms with van der Waals surface area (Å²) in [7, 11) is 0. The number of benzene rings is 1. The highest BCUT2D eigenvalue weighted by atomic mass is 19.1. The molecule has 8 heteroatoms. The molecule has 2 aliphatic rings. The van der Waals surface area contributed by atoms with Gasteiger partial charge in [-0.2, -0.15) is 0 Å². The van der Waals surface area contributed by atoms with Gasteiger partial charge in [-0.15, -0.1) is 0 Å². The molecule has 0 aromatic heterocycles. The first-order valence-corrected chi connectivity index (χ1v) is 8.31. The van der Waals surface area contributed by atoms with Gasteiger partial charge >= 0.3 is 5.97 Å². The summed E-state index contributed by atoms with van der Waals surface area (Å²) in [5, 5.41) is 12.0. The molecule has 138 valence electrons. The van der Waals surface area contributed by atoms with Gasteiger partial charge in [-0.05, 0) is 31.0 Å². The Bertz CT molecular complexity index is 751. The fourth-order valence-electron chi connectivity index (χ4n) is 3.19. The second kappa shape index (κ2) is 7.65. The van der Waals surface area contributed by atoms with Crippen LogP contribution in [0.2, 0.25) is 0 Å². The lowest BCUT2D eigenvalue weighted by Gasteiger charge is -2.42. The van der Waals surface area contributed by atoms with Gasteiger partial charge in [0.25, 0.3) is 5.91 Å². The third-order valence-electron chi connectivity index (χ3n) is 4.49. The Morgan fingerprint density at radius 1 is 1.23 bits per heavy atom. The molecule has 1 fully saturated rings. The number of nitrogens with zero attached hydrogens (tertiary/aromatic N) is 1. The molecular formula is C18H19FN2O5. The summed E-state index contributed by atoms with van der Waals surface area (Å²) < 4.78 is 18.6. The molecule has 0 bridgehead atoms. The summed E-state index contributed by atoms with van der Waals surface area (Å²) in [4.78, 5) is 38.2. The first-order chi connectivity index (χ1) is 12.5. The van der Waals surface area contributed by atoms with Crippen molar-refractivity contribution >= 4 is 17.8 Å². The highest BCUT2D eigenvalue weighted by Gasteiger charge is 2.41.